The third-order valence-corrected chi connectivity index (χ3v) is 7.63. The van der Waals surface area contributed by atoms with Gasteiger partial charge in [-0.15, -0.1) is 0 Å². The first-order valence-corrected chi connectivity index (χ1v) is 13.7. The van der Waals surface area contributed by atoms with Crippen molar-refractivity contribution in [2.75, 3.05) is 37.5 Å². The molecular formula is C33H37N3O4. The van der Waals surface area contributed by atoms with Crippen molar-refractivity contribution >= 4 is 23.1 Å². The van der Waals surface area contributed by atoms with E-state index in [1.54, 1.807) is 14.2 Å². The largest absolute Gasteiger partial charge is 0.497 e. The van der Waals surface area contributed by atoms with Crippen molar-refractivity contribution < 1.29 is 19.1 Å². The Labute approximate surface area is 236 Å². The lowest BCUT2D eigenvalue weighted by Crippen LogP contribution is -2.42. The number of ketones is 1. The topological polar surface area (TPSA) is 79.9 Å². The van der Waals surface area contributed by atoms with Crippen LogP contribution in [0.2, 0.25) is 0 Å². The zero-order chi connectivity index (χ0) is 28.3. The number of allylic oxidation sites excluding steroid dienone is 1. The Hall–Kier alpha value is -4.26. The maximum Gasteiger partial charge on any atom is 0.239 e. The Bertz CT molecular complexity index is 1430. The first-order valence-electron chi connectivity index (χ1n) is 13.7. The summed E-state index contributed by atoms with van der Waals surface area (Å²) >= 11 is 0. The minimum atomic E-state index is -0.532. The third kappa shape index (κ3) is 5.69. The number of methoxy groups -OCH3 is 2. The van der Waals surface area contributed by atoms with E-state index in [1.165, 1.54) is 0 Å². The summed E-state index contributed by atoms with van der Waals surface area (Å²) in [7, 11) is 3.22. The molecule has 5 rings (SSSR count). The molecule has 7 nitrogen and oxygen atoms in total. The van der Waals surface area contributed by atoms with Gasteiger partial charge in [0, 0.05) is 35.9 Å². The van der Waals surface area contributed by atoms with E-state index in [1.807, 2.05) is 65.6 Å². The summed E-state index contributed by atoms with van der Waals surface area (Å²) < 4.78 is 11.3. The highest BCUT2D eigenvalue weighted by Gasteiger charge is 2.42. The van der Waals surface area contributed by atoms with Crippen LogP contribution in [0.4, 0.5) is 11.4 Å². The number of fused-ring (bicyclic) bond motifs is 1. The molecule has 1 unspecified atom stereocenters. The standard InChI is InChI=1S/C33H37N3O4/c1-33(2)19-26-31(28(37)20-33)32(24-15-14-23(39-3)18-29(24)40-4)36(27-13-9-8-12-25(27)35-26)21-30(38)34-17-16-22-10-6-5-7-11-22/h5-15,18,32,35H,16-17,19-21H2,1-4H3,(H,34,38). The Kier molecular flexibility index (Phi) is 7.83. The highest BCUT2D eigenvalue weighted by Crippen LogP contribution is 2.49. The third-order valence-electron chi connectivity index (χ3n) is 7.63. The lowest BCUT2D eigenvalue weighted by molar-refractivity contribution is -0.120. The van der Waals surface area contributed by atoms with Crippen LogP contribution >= 0.6 is 0 Å². The van der Waals surface area contributed by atoms with Crippen LogP contribution in [0.15, 0.2) is 84.1 Å². The number of para-hydroxylation sites is 2. The molecule has 0 spiro atoms. The van der Waals surface area contributed by atoms with Gasteiger partial charge >= 0.3 is 0 Å². The quantitative estimate of drug-likeness (QED) is 0.384. The van der Waals surface area contributed by atoms with Crippen LogP contribution in [0.5, 0.6) is 11.5 Å². The van der Waals surface area contributed by atoms with Crippen LogP contribution in [-0.2, 0) is 16.0 Å². The Morgan fingerprint density at radius 2 is 1.75 bits per heavy atom. The fraction of sp³-hybridized carbons (Fsp3) is 0.333. The fourth-order valence-electron chi connectivity index (χ4n) is 5.80. The van der Waals surface area contributed by atoms with Gasteiger partial charge in [0.2, 0.25) is 5.91 Å². The van der Waals surface area contributed by atoms with Crippen LogP contribution in [0, 0.1) is 5.41 Å². The van der Waals surface area contributed by atoms with E-state index in [4.69, 9.17) is 9.47 Å². The van der Waals surface area contributed by atoms with Crippen LogP contribution in [0.3, 0.4) is 0 Å². The average molecular weight is 540 g/mol. The van der Waals surface area contributed by atoms with Gasteiger partial charge in [0.1, 0.15) is 11.5 Å². The van der Waals surface area contributed by atoms with E-state index >= 15 is 0 Å². The number of hydrogen-bond acceptors (Lipinski definition) is 6. The smallest absolute Gasteiger partial charge is 0.239 e. The number of carbonyl (C=O) groups excluding carboxylic acids is 2. The van der Waals surface area contributed by atoms with Crippen molar-refractivity contribution in [3.05, 3.63) is 95.2 Å². The summed E-state index contributed by atoms with van der Waals surface area (Å²) in [6.45, 7) is 4.83. The predicted molar refractivity (Wildman–Crippen MR) is 158 cm³/mol. The molecule has 0 radical (unpaired) electrons. The lowest BCUT2D eigenvalue weighted by atomic mass is 9.73. The number of hydrogen-bond donors (Lipinski definition) is 2. The summed E-state index contributed by atoms with van der Waals surface area (Å²) in [5.41, 5.74) is 5.07. The van der Waals surface area contributed by atoms with Crippen molar-refractivity contribution in [2.24, 2.45) is 5.41 Å². The van der Waals surface area contributed by atoms with Crippen LogP contribution in [-0.4, -0.2) is 39.0 Å². The molecular weight excluding hydrogens is 502 g/mol. The number of amides is 1. The minimum Gasteiger partial charge on any atom is -0.497 e. The van der Waals surface area contributed by atoms with Crippen molar-refractivity contribution in [1.82, 2.24) is 5.32 Å². The van der Waals surface area contributed by atoms with E-state index in [2.05, 4.69) is 36.6 Å². The predicted octanol–water partition coefficient (Wildman–Crippen LogP) is 5.68. The Morgan fingerprint density at radius 3 is 2.50 bits per heavy atom. The molecule has 0 bridgehead atoms. The summed E-state index contributed by atoms with van der Waals surface area (Å²) in [6.07, 6.45) is 1.88. The molecule has 2 aliphatic rings. The van der Waals surface area contributed by atoms with Gasteiger partial charge in [0.25, 0.3) is 0 Å². The van der Waals surface area contributed by atoms with Crippen molar-refractivity contribution in [3.63, 3.8) is 0 Å². The molecule has 7 heteroatoms. The van der Waals surface area contributed by atoms with Gasteiger partial charge in [-0.05, 0) is 48.1 Å². The van der Waals surface area contributed by atoms with Crippen molar-refractivity contribution in [2.45, 2.75) is 39.2 Å². The Morgan fingerprint density at radius 1 is 1.00 bits per heavy atom. The first kappa shape index (κ1) is 27.3. The molecule has 0 fully saturated rings. The number of nitrogens with zero attached hydrogens (tertiary/aromatic N) is 1. The number of benzene rings is 3. The molecule has 1 aliphatic heterocycles. The molecule has 1 heterocycles. The van der Waals surface area contributed by atoms with Crippen LogP contribution < -0.4 is 25.0 Å². The molecule has 208 valence electrons. The molecule has 3 aromatic carbocycles. The molecule has 2 N–H and O–H groups in total. The molecule has 0 saturated heterocycles. The SMILES string of the molecule is COc1ccc(C2C3=C(CC(C)(C)CC3=O)Nc3ccccc3N2CC(=O)NCCc2ccccc2)c(OC)c1. The molecule has 0 aromatic heterocycles. The minimum absolute atomic E-state index is 0.0702. The first-order chi connectivity index (χ1) is 19.3. The number of carbonyl (C=O) groups is 2. The highest BCUT2D eigenvalue weighted by molar-refractivity contribution is 6.02. The summed E-state index contributed by atoms with van der Waals surface area (Å²) in [5.74, 6) is 1.21. The van der Waals surface area contributed by atoms with E-state index in [9.17, 15) is 9.59 Å². The van der Waals surface area contributed by atoms with E-state index in [0.717, 1.165) is 34.6 Å². The second-order valence-corrected chi connectivity index (χ2v) is 11.2. The van der Waals surface area contributed by atoms with Gasteiger partial charge in [0.15, 0.2) is 5.78 Å². The van der Waals surface area contributed by atoms with Gasteiger partial charge in [-0.3, -0.25) is 9.59 Å². The van der Waals surface area contributed by atoms with Crippen LogP contribution in [0.1, 0.15) is 43.9 Å². The monoisotopic (exact) mass is 539 g/mol. The van der Waals surface area contributed by atoms with Gasteiger partial charge in [-0.2, -0.15) is 0 Å². The number of ether oxygens (including phenoxy) is 2. The van der Waals surface area contributed by atoms with E-state index in [-0.39, 0.29) is 23.7 Å². The van der Waals surface area contributed by atoms with Crippen molar-refractivity contribution in [3.8, 4) is 11.5 Å². The van der Waals surface area contributed by atoms with Gasteiger partial charge < -0.3 is 25.0 Å². The molecule has 0 saturated carbocycles. The number of Topliss-reactive ketones (excluding diaryl/α,β-unsaturated/α-hetero) is 1. The maximum atomic E-state index is 13.9. The second kappa shape index (κ2) is 11.5. The van der Waals surface area contributed by atoms with Gasteiger partial charge in [0.05, 0.1) is 38.2 Å². The zero-order valence-corrected chi connectivity index (χ0v) is 23.6. The van der Waals surface area contributed by atoms with Gasteiger partial charge in [-0.25, -0.2) is 0 Å². The summed E-state index contributed by atoms with van der Waals surface area (Å²) in [5, 5.41) is 6.69. The average Bonchev–Trinajstić information content (AvgIpc) is 3.07. The Balaban J connectivity index is 1.58. The summed E-state index contributed by atoms with van der Waals surface area (Å²) in [4.78, 5) is 29.4. The molecule has 1 atom stereocenters. The fourth-order valence-corrected chi connectivity index (χ4v) is 5.80. The molecule has 1 aliphatic carbocycles. The summed E-state index contributed by atoms with van der Waals surface area (Å²) in [6, 6.07) is 23.1. The van der Waals surface area contributed by atoms with E-state index in [0.29, 0.717) is 36.5 Å². The van der Waals surface area contributed by atoms with E-state index < -0.39 is 6.04 Å². The molecule has 3 aromatic rings. The maximum absolute atomic E-state index is 13.9. The van der Waals surface area contributed by atoms with Gasteiger partial charge in [-0.1, -0.05) is 56.3 Å². The van der Waals surface area contributed by atoms with Crippen molar-refractivity contribution in [1.29, 1.82) is 0 Å². The zero-order valence-electron chi connectivity index (χ0n) is 23.6. The number of rotatable bonds is 8. The van der Waals surface area contributed by atoms with Crippen LogP contribution in [0.25, 0.3) is 0 Å². The highest BCUT2D eigenvalue weighted by atomic mass is 16.5. The molecule has 1 amide bonds. The number of anilines is 2. The molecule has 40 heavy (non-hydrogen) atoms. The lowest BCUT2D eigenvalue weighted by Gasteiger charge is -2.38. The second-order valence-electron chi connectivity index (χ2n) is 11.2. The number of nitrogens with one attached hydrogen (secondary N) is 2. The normalized spacial score (nSPS) is 17.8.